The van der Waals surface area contributed by atoms with Crippen molar-refractivity contribution >= 4 is 17.7 Å². The number of phenols is 1. The number of rotatable bonds is 6. The maximum atomic E-state index is 13.4. The average Bonchev–Trinajstić information content (AvgIpc) is 3.47. The summed E-state index contributed by atoms with van der Waals surface area (Å²) in [4.78, 5) is 30.0. The first-order chi connectivity index (χ1) is 19.7. The molecule has 9 heteroatoms. The molecule has 1 aromatic heterocycles. The van der Waals surface area contributed by atoms with Crippen LogP contribution in [0, 0.1) is 0 Å². The van der Waals surface area contributed by atoms with Gasteiger partial charge in [0, 0.05) is 37.2 Å². The summed E-state index contributed by atoms with van der Waals surface area (Å²) in [5.74, 6) is 0.0423. The molecule has 2 saturated heterocycles. The number of likely N-dealkylation sites (tertiary alicyclic amines) is 1. The van der Waals surface area contributed by atoms with Gasteiger partial charge in [0.05, 0.1) is 17.6 Å². The Labute approximate surface area is 241 Å². The quantitative estimate of drug-likeness (QED) is 0.444. The Morgan fingerprint density at radius 1 is 1.05 bits per heavy atom. The van der Waals surface area contributed by atoms with Gasteiger partial charge in [-0.05, 0) is 70.2 Å². The Hall–Kier alpha value is -4.14. The summed E-state index contributed by atoms with van der Waals surface area (Å²) in [6.07, 6.45) is 4.38. The number of nitrogens with one attached hydrogen (secondary N) is 1. The highest BCUT2D eigenvalue weighted by Gasteiger charge is 2.40. The molecule has 5 rings (SSSR count). The van der Waals surface area contributed by atoms with Gasteiger partial charge in [0.15, 0.2) is 0 Å². The first-order valence-electron chi connectivity index (χ1n) is 14.3. The Balaban J connectivity index is 1.29. The fourth-order valence-electron chi connectivity index (χ4n) is 5.86. The topological polar surface area (TPSA) is 108 Å². The van der Waals surface area contributed by atoms with Crippen LogP contribution in [0.1, 0.15) is 52.0 Å². The smallest absolute Gasteiger partial charge is 0.410 e. The third-order valence-electron chi connectivity index (χ3n) is 8.08. The molecule has 3 heterocycles. The fourth-order valence-corrected chi connectivity index (χ4v) is 5.86. The van der Waals surface area contributed by atoms with Gasteiger partial charge < -0.3 is 20.1 Å². The van der Waals surface area contributed by atoms with Gasteiger partial charge in [-0.15, -0.1) is 0 Å². The van der Waals surface area contributed by atoms with Crippen molar-refractivity contribution < 1.29 is 19.4 Å². The van der Waals surface area contributed by atoms with Gasteiger partial charge >= 0.3 is 6.09 Å². The van der Waals surface area contributed by atoms with Crippen LogP contribution in [-0.2, 0) is 14.9 Å². The minimum absolute atomic E-state index is 0.128. The number of piperidine rings is 1. The number of hydrogen-bond donors (Lipinski definition) is 2. The number of amides is 2. The summed E-state index contributed by atoms with van der Waals surface area (Å²) >= 11 is 0. The molecule has 0 saturated carbocycles. The summed E-state index contributed by atoms with van der Waals surface area (Å²) in [5, 5.41) is 22.0. The highest BCUT2D eigenvalue weighted by atomic mass is 16.6. The van der Waals surface area contributed by atoms with E-state index in [1.807, 2.05) is 57.2 Å². The lowest BCUT2D eigenvalue weighted by Crippen LogP contribution is -2.53. The van der Waals surface area contributed by atoms with Gasteiger partial charge in [-0.3, -0.25) is 9.69 Å². The molecule has 2 aliphatic rings. The van der Waals surface area contributed by atoms with Crippen LogP contribution in [0.4, 0.5) is 10.5 Å². The van der Waals surface area contributed by atoms with E-state index in [2.05, 4.69) is 32.5 Å². The van der Waals surface area contributed by atoms with Crippen LogP contribution < -0.4 is 10.2 Å². The molecule has 0 unspecified atom stereocenters. The molecule has 41 heavy (non-hydrogen) atoms. The third-order valence-corrected chi connectivity index (χ3v) is 8.08. The molecule has 2 N–H and O–H groups in total. The molecule has 1 atom stereocenters. The molecule has 2 aromatic carbocycles. The second-order valence-corrected chi connectivity index (χ2v) is 12.0. The average molecular weight is 558 g/mol. The molecule has 216 valence electrons. The Morgan fingerprint density at radius 2 is 1.76 bits per heavy atom. The van der Waals surface area contributed by atoms with E-state index in [4.69, 9.17) is 4.74 Å². The minimum atomic E-state index is -0.612. The van der Waals surface area contributed by atoms with Crippen molar-refractivity contribution in [1.29, 1.82) is 0 Å². The SMILES string of the molecule is CC(C)(C)OC(=O)N1CCC[C@@H]1C(=O)NCC1(c2ccccc2)CCN(c2cnnc(-c3ccccc3O)c2)CC1. The van der Waals surface area contributed by atoms with Crippen molar-refractivity contribution in [1.82, 2.24) is 20.4 Å². The summed E-state index contributed by atoms with van der Waals surface area (Å²) in [6, 6.07) is 18.9. The number of anilines is 1. The third kappa shape index (κ3) is 6.45. The molecule has 9 nitrogen and oxygen atoms in total. The molecule has 2 fully saturated rings. The van der Waals surface area contributed by atoms with E-state index in [9.17, 15) is 14.7 Å². The Morgan fingerprint density at radius 3 is 2.46 bits per heavy atom. The Bertz CT molecular complexity index is 1370. The zero-order valence-electron chi connectivity index (χ0n) is 24.0. The largest absolute Gasteiger partial charge is 0.507 e. The zero-order valence-corrected chi connectivity index (χ0v) is 24.0. The number of benzene rings is 2. The van der Waals surface area contributed by atoms with Crippen LogP contribution in [-0.4, -0.2) is 70.0 Å². The second kappa shape index (κ2) is 11.8. The van der Waals surface area contributed by atoms with Crippen molar-refractivity contribution in [3.63, 3.8) is 0 Å². The standard InChI is InChI=1S/C32H39N5O4/c1-31(2,3)41-30(40)37-17-9-13-27(37)29(39)33-22-32(23-10-5-4-6-11-23)15-18-36(19-16-32)24-20-26(35-34-21-24)25-12-7-8-14-28(25)38/h4-8,10-12,14,20-21,27,38H,9,13,15-19,22H2,1-3H3,(H,33,39)/t27-/m1/s1. The number of aromatic nitrogens is 2. The van der Waals surface area contributed by atoms with Crippen LogP contribution in [0.2, 0.25) is 0 Å². The number of para-hydroxylation sites is 1. The number of nitrogens with zero attached hydrogens (tertiary/aromatic N) is 4. The van der Waals surface area contributed by atoms with Gasteiger partial charge in [-0.1, -0.05) is 42.5 Å². The first-order valence-corrected chi connectivity index (χ1v) is 14.3. The van der Waals surface area contributed by atoms with Crippen LogP contribution in [0.25, 0.3) is 11.3 Å². The minimum Gasteiger partial charge on any atom is -0.507 e. The van der Waals surface area contributed by atoms with Gasteiger partial charge in [0.25, 0.3) is 0 Å². The lowest BCUT2D eigenvalue weighted by molar-refractivity contribution is -0.125. The Kier molecular flexibility index (Phi) is 8.15. The number of ether oxygens (including phenoxy) is 1. The molecule has 2 amide bonds. The normalized spacial score (nSPS) is 18.7. The van der Waals surface area contributed by atoms with Crippen LogP contribution >= 0.6 is 0 Å². The number of phenolic OH excluding ortho intramolecular Hbond substituents is 1. The molecular formula is C32H39N5O4. The predicted molar refractivity (Wildman–Crippen MR) is 158 cm³/mol. The van der Waals surface area contributed by atoms with Gasteiger partial charge in [0.1, 0.15) is 17.4 Å². The van der Waals surface area contributed by atoms with Crippen molar-refractivity contribution in [2.75, 3.05) is 31.1 Å². The summed E-state index contributed by atoms with van der Waals surface area (Å²) in [5.41, 5.74) is 2.55. The second-order valence-electron chi connectivity index (χ2n) is 12.0. The summed E-state index contributed by atoms with van der Waals surface area (Å²) in [7, 11) is 0. The van der Waals surface area contributed by atoms with E-state index in [0.717, 1.165) is 38.0 Å². The summed E-state index contributed by atoms with van der Waals surface area (Å²) in [6.45, 7) is 8.05. The van der Waals surface area contributed by atoms with E-state index in [1.165, 1.54) is 5.56 Å². The number of carbonyl (C=O) groups is 2. The molecule has 0 bridgehead atoms. The maximum Gasteiger partial charge on any atom is 0.410 e. The highest BCUT2D eigenvalue weighted by Crippen LogP contribution is 2.37. The predicted octanol–water partition coefficient (Wildman–Crippen LogP) is 4.90. The summed E-state index contributed by atoms with van der Waals surface area (Å²) < 4.78 is 5.56. The molecule has 0 radical (unpaired) electrons. The van der Waals surface area contributed by atoms with Crippen LogP contribution in [0.3, 0.4) is 0 Å². The van der Waals surface area contributed by atoms with Gasteiger partial charge in [0.2, 0.25) is 5.91 Å². The van der Waals surface area contributed by atoms with E-state index in [-0.39, 0.29) is 17.1 Å². The van der Waals surface area contributed by atoms with Crippen molar-refractivity contribution in [2.45, 2.75) is 63.5 Å². The highest BCUT2D eigenvalue weighted by molar-refractivity contribution is 5.86. The van der Waals surface area contributed by atoms with Crippen LogP contribution in [0.15, 0.2) is 66.9 Å². The molecule has 2 aliphatic heterocycles. The number of aromatic hydroxyl groups is 1. The number of carbonyl (C=O) groups excluding carboxylic acids is 2. The van der Waals surface area contributed by atoms with E-state index < -0.39 is 17.7 Å². The molecule has 0 spiro atoms. The van der Waals surface area contributed by atoms with E-state index >= 15 is 0 Å². The van der Waals surface area contributed by atoms with Crippen molar-refractivity contribution in [3.8, 4) is 17.0 Å². The molecule has 3 aromatic rings. The number of hydrogen-bond acceptors (Lipinski definition) is 7. The van der Waals surface area contributed by atoms with E-state index in [0.29, 0.717) is 30.8 Å². The van der Waals surface area contributed by atoms with Gasteiger partial charge in [-0.2, -0.15) is 10.2 Å². The van der Waals surface area contributed by atoms with E-state index in [1.54, 1.807) is 23.2 Å². The van der Waals surface area contributed by atoms with Crippen molar-refractivity contribution in [2.24, 2.45) is 0 Å². The maximum absolute atomic E-state index is 13.4. The fraction of sp³-hybridized carbons (Fsp3) is 0.438. The first kappa shape index (κ1) is 28.4. The van der Waals surface area contributed by atoms with Crippen molar-refractivity contribution in [3.05, 3.63) is 72.4 Å². The van der Waals surface area contributed by atoms with Gasteiger partial charge in [-0.25, -0.2) is 4.79 Å². The lowest BCUT2D eigenvalue weighted by Gasteiger charge is -2.43. The molecule has 0 aliphatic carbocycles. The zero-order chi connectivity index (χ0) is 29.0. The lowest BCUT2D eigenvalue weighted by atomic mass is 9.72. The monoisotopic (exact) mass is 557 g/mol. The molecular weight excluding hydrogens is 518 g/mol. The van der Waals surface area contributed by atoms with Crippen LogP contribution in [0.5, 0.6) is 5.75 Å².